The first-order valence-electron chi connectivity index (χ1n) is 7.26. The molecule has 2 aromatic rings. The van der Waals surface area contributed by atoms with Crippen molar-refractivity contribution in [2.75, 3.05) is 5.73 Å². The highest BCUT2D eigenvalue weighted by atomic mass is 79.9. The van der Waals surface area contributed by atoms with Crippen LogP contribution in [-0.2, 0) is 7.05 Å². The average Bonchev–Trinajstić information content (AvgIpc) is 2.63. The molecular formula is C17H22BrN3. The van der Waals surface area contributed by atoms with Crippen LogP contribution in [0.5, 0.6) is 0 Å². The van der Waals surface area contributed by atoms with Gasteiger partial charge >= 0.3 is 0 Å². The van der Waals surface area contributed by atoms with Crippen LogP contribution in [0.1, 0.15) is 39.3 Å². The molecule has 0 aliphatic heterocycles. The first kappa shape index (κ1) is 14.6. The molecule has 112 valence electrons. The third-order valence-corrected chi connectivity index (χ3v) is 6.07. The Morgan fingerprint density at radius 2 is 1.62 bits per heavy atom. The Morgan fingerprint density at radius 1 is 1.10 bits per heavy atom. The summed E-state index contributed by atoms with van der Waals surface area (Å²) in [6, 6.07) is 8.30. The van der Waals surface area contributed by atoms with Crippen LogP contribution in [0.25, 0.3) is 11.1 Å². The molecule has 0 spiro atoms. The summed E-state index contributed by atoms with van der Waals surface area (Å²) in [5.41, 5.74) is 10.2. The largest absolute Gasteiger partial charge is 0.383 e. The van der Waals surface area contributed by atoms with Crippen LogP contribution in [0.3, 0.4) is 0 Å². The Labute approximate surface area is 134 Å². The zero-order valence-electron chi connectivity index (χ0n) is 13.2. The van der Waals surface area contributed by atoms with Crippen molar-refractivity contribution < 1.29 is 0 Å². The standard InChI is InChI=1S/C17H22BrN3/c1-16(2)14(17(16,3)4)13-12(15(19)21(5)20-13)10-6-8-11(18)9-7-10/h6-9,14H,19H2,1-5H3. The summed E-state index contributed by atoms with van der Waals surface area (Å²) in [5.74, 6) is 1.18. The van der Waals surface area contributed by atoms with Gasteiger partial charge in [-0.05, 0) is 28.5 Å². The van der Waals surface area contributed by atoms with Gasteiger partial charge < -0.3 is 5.73 Å². The number of anilines is 1. The highest BCUT2D eigenvalue weighted by Gasteiger charge is 2.66. The predicted molar refractivity (Wildman–Crippen MR) is 91.1 cm³/mol. The van der Waals surface area contributed by atoms with Gasteiger partial charge in [-0.3, -0.25) is 4.68 Å². The Morgan fingerprint density at radius 3 is 2.10 bits per heavy atom. The van der Waals surface area contributed by atoms with Crippen molar-refractivity contribution in [3.8, 4) is 11.1 Å². The monoisotopic (exact) mass is 347 g/mol. The lowest BCUT2D eigenvalue weighted by Gasteiger charge is -2.06. The quantitative estimate of drug-likeness (QED) is 0.863. The molecule has 1 aromatic carbocycles. The third kappa shape index (κ3) is 1.95. The number of hydrogen-bond donors (Lipinski definition) is 1. The van der Waals surface area contributed by atoms with Gasteiger partial charge in [0.1, 0.15) is 5.82 Å². The van der Waals surface area contributed by atoms with Gasteiger partial charge in [-0.15, -0.1) is 0 Å². The summed E-state index contributed by atoms with van der Waals surface area (Å²) in [5, 5.41) is 4.74. The predicted octanol–water partition coefficient (Wildman–Crippen LogP) is 4.58. The van der Waals surface area contributed by atoms with Gasteiger partial charge in [0.2, 0.25) is 0 Å². The molecule has 3 nitrogen and oxygen atoms in total. The highest BCUT2D eigenvalue weighted by molar-refractivity contribution is 9.10. The van der Waals surface area contributed by atoms with Crippen molar-refractivity contribution >= 4 is 21.7 Å². The van der Waals surface area contributed by atoms with E-state index in [1.54, 1.807) is 4.68 Å². The van der Waals surface area contributed by atoms with Gasteiger partial charge in [-0.1, -0.05) is 55.8 Å². The molecule has 2 N–H and O–H groups in total. The molecule has 1 fully saturated rings. The lowest BCUT2D eigenvalue weighted by molar-refractivity contribution is 0.457. The lowest BCUT2D eigenvalue weighted by Crippen LogP contribution is -1.98. The average molecular weight is 348 g/mol. The summed E-state index contributed by atoms with van der Waals surface area (Å²) in [4.78, 5) is 0. The molecule has 3 rings (SSSR count). The summed E-state index contributed by atoms with van der Waals surface area (Å²) in [6.45, 7) is 9.25. The first-order chi connectivity index (χ1) is 9.68. The third-order valence-electron chi connectivity index (χ3n) is 5.55. The summed E-state index contributed by atoms with van der Waals surface area (Å²) >= 11 is 3.49. The van der Waals surface area contributed by atoms with Crippen LogP contribution < -0.4 is 5.73 Å². The number of nitrogens with zero attached hydrogens (tertiary/aromatic N) is 2. The van der Waals surface area contributed by atoms with Gasteiger partial charge in [-0.25, -0.2) is 0 Å². The second-order valence-corrected chi connectivity index (χ2v) is 8.07. The highest BCUT2D eigenvalue weighted by Crippen LogP contribution is 2.74. The van der Waals surface area contributed by atoms with Crippen LogP contribution in [0.15, 0.2) is 28.7 Å². The van der Waals surface area contributed by atoms with Crippen LogP contribution in [0.4, 0.5) is 5.82 Å². The van der Waals surface area contributed by atoms with E-state index in [2.05, 4.69) is 67.9 Å². The smallest absolute Gasteiger partial charge is 0.129 e. The van der Waals surface area contributed by atoms with Crippen molar-refractivity contribution in [1.29, 1.82) is 0 Å². The van der Waals surface area contributed by atoms with Crippen molar-refractivity contribution in [1.82, 2.24) is 9.78 Å². The molecule has 0 unspecified atom stereocenters. The van der Waals surface area contributed by atoms with E-state index in [-0.39, 0.29) is 10.8 Å². The molecule has 1 aliphatic rings. The topological polar surface area (TPSA) is 43.8 Å². The van der Waals surface area contributed by atoms with E-state index >= 15 is 0 Å². The van der Waals surface area contributed by atoms with Crippen LogP contribution >= 0.6 is 15.9 Å². The van der Waals surface area contributed by atoms with E-state index in [9.17, 15) is 0 Å². The fourth-order valence-corrected chi connectivity index (χ4v) is 3.82. The maximum Gasteiger partial charge on any atom is 0.129 e. The van der Waals surface area contributed by atoms with Crippen molar-refractivity contribution in [2.24, 2.45) is 17.9 Å². The minimum absolute atomic E-state index is 0.248. The van der Waals surface area contributed by atoms with Crippen molar-refractivity contribution in [3.63, 3.8) is 0 Å². The summed E-state index contributed by atoms with van der Waals surface area (Å²) in [7, 11) is 1.92. The van der Waals surface area contributed by atoms with Crippen LogP contribution in [-0.4, -0.2) is 9.78 Å². The Bertz CT molecular complexity index is 682. The number of benzene rings is 1. The second-order valence-electron chi connectivity index (χ2n) is 7.15. The number of nitrogen functional groups attached to an aromatic ring is 1. The molecule has 1 heterocycles. The van der Waals surface area contributed by atoms with Crippen LogP contribution in [0.2, 0.25) is 0 Å². The number of halogens is 1. The van der Waals surface area contributed by atoms with Crippen molar-refractivity contribution in [2.45, 2.75) is 33.6 Å². The van der Waals surface area contributed by atoms with E-state index in [1.165, 1.54) is 0 Å². The molecule has 21 heavy (non-hydrogen) atoms. The van der Waals surface area contributed by atoms with E-state index in [1.807, 2.05) is 7.05 Å². The molecule has 0 saturated heterocycles. The molecule has 1 saturated carbocycles. The zero-order valence-corrected chi connectivity index (χ0v) is 14.8. The summed E-state index contributed by atoms with van der Waals surface area (Å²) < 4.78 is 2.87. The van der Waals surface area contributed by atoms with E-state index < -0.39 is 0 Å². The molecule has 0 radical (unpaired) electrons. The molecular weight excluding hydrogens is 326 g/mol. The van der Waals surface area contributed by atoms with Gasteiger partial charge in [-0.2, -0.15) is 5.10 Å². The number of hydrogen-bond acceptors (Lipinski definition) is 2. The van der Waals surface area contributed by atoms with E-state index in [4.69, 9.17) is 10.8 Å². The van der Waals surface area contributed by atoms with Gasteiger partial charge in [0.25, 0.3) is 0 Å². The minimum atomic E-state index is 0.248. The van der Waals surface area contributed by atoms with E-state index in [0.717, 1.165) is 27.1 Å². The molecule has 0 bridgehead atoms. The number of rotatable bonds is 2. The normalized spacial score (nSPS) is 19.7. The van der Waals surface area contributed by atoms with Gasteiger partial charge in [0.15, 0.2) is 0 Å². The van der Waals surface area contributed by atoms with E-state index in [0.29, 0.717) is 5.92 Å². The Hall–Kier alpha value is -1.29. The maximum atomic E-state index is 6.30. The molecule has 0 atom stereocenters. The SMILES string of the molecule is Cn1nc(C2C(C)(C)C2(C)C)c(-c2ccc(Br)cc2)c1N. The zero-order chi connectivity index (χ0) is 15.6. The fourth-order valence-electron chi connectivity index (χ4n) is 3.55. The fraction of sp³-hybridized carbons (Fsp3) is 0.471. The lowest BCUT2D eigenvalue weighted by atomic mass is 9.99. The molecule has 0 amide bonds. The minimum Gasteiger partial charge on any atom is -0.383 e. The van der Waals surface area contributed by atoms with Crippen LogP contribution in [0, 0.1) is 10.8 Å². The van der Waals surface area contributed by atoms with Gasteiger partial charge in [0.05, 0.1) is 5.69 Å². The Kier molecular flexibility index (Phi) is 3.04. The number of nitrogens with two attached hydrogens (primary N) is 1. The molecule has 4 heteroatoms. The summed E-state index contributed by atoms with van der Waals surface area (Å²) in [6.07, 6.45) is 0. The maximum absolute atomic E-state index is 6.30. The first-order valence-corrected chi connectivity index (χ1v) is 8.05. The molecule has 1 aliphatic carbocycles. The second kappa shape index (κ2) is 4.35. The number of aryl methyl sites for hydroxylation is 1. The van der Waals surface area contributed by atoms with Crippen molar-refractivity contribution in [3.05, 3.63) is 34.4 Å². The Balaban J connectivity index is 2.16. The van der Waals surface area contributed by atoms with Gasteiger partial charge in [0, 0.05) is 23.0 Å². The molecule has 1 aromatic heterocycles. The number of aromatic nitrogens is 2.